The molecule has 0 saturated heterocycles. The van der Waals surface area contributed by atoms with E-state index in [0.29, 0.717) is 16.8 Å². The number of nitrogens with zero attached hydrogens (tertiary/aromatic N) is 2. The topological polar surface area (TPSA) is 86.0 Å². The van der Waals surface area contributed by atoms with Crippen molar-refractivity contribution >= 4 is 11.6 Å². The first-order valence-corrected chi connectivity index (χ1v) is 7.05. The lowest BCUT2D eigenvalue weighted by Gasteiger charge is -2.10. The van der Waals surface area contributed by atoms with E-state index < -0.39 is 0 Å². The minimum absolute atomic E-state index is 0.165. The van der Waals surface area contributed by atoms with E-state index in [1.165, 1.54) is 6.20 Å². The Labute approximate surface area is 128 Å². The maximum absolute atomic E-state index is 12.2. The highest BCUT2D eigenvalue weighted by molar-refractivity contribution is 6.04. The van der Waals surface area contributed by atoms with Gasteiger partial charge in [0.25, 0.3) is 5.91 Å². The van der Waals surface area contributed by atoms with Crippen LogP contribution in [0.15, 0.2) is 42.7 Å². The molecule has 110 valence electrons. The molecule has 2 aromatic rings. The van der Waals surface area contributed by atoms with E-state index in [2.05, 4.69) is 16.4 Å². The lowest BCUT2D eigenvalue weighted by atomic mass is 9.96. The molecule has 0 bridgehead atoms. The molecule has 0 atom stereocenters. The van der Waals surface area contributed by atoms with Crippen molar-refractivity contribution in [3.63, 3.8) is 0 Å². The fraction of sp³-hybridized carbons (Fsp3) is 0.235. The Morgan fingerprint density at radius 2 is 2.05 bits per heavy atom. The van der Waals surface area contributed by atoms with E-state index in [1.807, 2.05) is 12.1 Å². The van der Waals surface area contributed by atoms with Crippen molar-refractivity contribution in [2.24, 2.45) is 0 Å². The fourth-order valence-electron chi connectivity index (χ4n) is 2.40. The first kappa shape index (κ1) is 14.2. The highest BCUT2D eigenvalue weighted by Crippen LogP contribution is 2.47. The van der Waals surface area contributed by atoms with Crippen LogP contribution >= 0.6 is 0 Å². The largest absolute Gasteiger partial charge is 0.392 e. The number of anilines is 1. The minimum Gasteiger partial charge on any atom is -0.392 e. The van der Waals surface area contributed by atoms with Crippen molar-refractivity contribution in [3.05, 3.63) is 59.4 Å². The molecule has 3 rings (SSSR count). The second-order valence-corrected chi connectivity index (χ2v) is 5.42. The first-order valence-electron chi connectivity index (χ1n) is 7.05. The van der Waals surface area contributed by atoms with E-state index in [1.54, 1.807) is 24.4 Å². The molecule has 1 aliphatic rings. The zero-order valence-corrected chi connectivity index (χ0v) is 11.9. The van der Waals surface area contributed by atoms with Crippen LogP contribution < -0.4 is 5.32 Å². The second kappa shape index (κ2) is 5.58. The third kappa shape index (κ3) is 2.57. The van der Waals surface area contributed by atoms with Gasteiger partial charge in [-0.05, 0) is 36.6 Å². The molecule has 1 saturated carbocycles. The predicted molar refractivity (Wildman–Crippen MR) is 81.1 cm³/mol. The number of aliphatic hydroxyl groups excluding tert-OH is 1. The average molecular weight is 293 g/mol. The molecule has 0 unspecified atom stereocenters. The number of carbonyl (C=O) groups is 1. The number of aromatic nitrogens is 1. The van der Waals surface area contributed by atoms with E-state index in [9.17, 15) is 15.2 Å². The second-order valence-electron chi connectivity index (χ2n) is 5.42. The summed E-state index contributed by atoms with van der Waals surface area (Å²) in [6.07, 6.45) is 4.83. The predicted octanol–water partition coefficient (Wildman–Crippen LogP) is 2.38. The number of benzene rings is 1. The number of rotatable bonds is 4. The molecular formula is C17H15N3O2. The number of aliphatic hydroxyl groups is 1. The molecular weight excluding hydrogens is 278 g/mol. The fourth-order valence-corrected chi connectivity index (χ4v) is 2.40. The Hall–Kier alpha value is -2.71. The van der Waals surface area contributed by atoms with E-state index >= 15 is 0 Å². The van der Waals surface area contributed by atoms with Crippen LogP contribution in [0.2, 0.25) is 0 Å². The highest BCUT2D eigenvalue weighted by Gasteiger charge is 2.44. The smallest absolute Gasteiger partial charge is 0.255 e. The molecule has 1 aromatic heterocycles. The van der Waals surface area contributed by atoms with Gasteiger partial charge in [0.1, 0.15) is 0 Å². The van der Waals surface area contributed by atoms with Crippen molar-refractivity contribution in [3.8, 4) is 6.07 Å². The summed E-state index contributed by atoms with van der Waals surface area (Å²) in [5.41, 5.74) is 2.23. The third-order valence-corrected chi connectivity index (χ3v) is 3.99. The van der Waals surface area contributed by atoms with E-state index in [4.69, 9.17) is 0 Å². The summed E-state index contributed by atoms with van der Waals surface area (Å²) in [5.74, 6) is -0.268. The molecule has 1 aliphatic carbocycles. The molecule has 0 spiro atoms. The molecule has 1 fully saturated rings. The van der Waals surface area contributed by atoms with Crippen molar-refractivity contribution < 1.29 is 9.90 Å². The molecule has 0 aliphatic heterocycles. The van der Waals surface area contributed by atoms with Gasteiger partial charge < -0.3 is 10.4 Å². The molecule has 0 radical (unpaired) electrons. The van der Waals surface area contributed by atoms with Gasteiger partial charge in [0.15, 0.2) is 0 Å². The molecule has 1 amide bonds. The normalized spacial score (nSPS) is 14.9. The van der Waals surface area contributed by atoms with Crippen LogP contribution in [0.1, 0.15) is 34.3 Å². The van der Waals surface area contributed by atoms with Gasteiger partial charge in [-0.25, -0.2) is 0 Å². The lowest BCUT2D eigenvalue weighted by molar-refractivity contribution is 0.102. The summed E-state index contributed by atoms with van der Waals surface area (Å²) in [7, 11) is 0. The Balaban J connectivity index is 1.77. The number of nitriles is 1. The third-order valence-electron chi connectivity index (χ3n) is 3.99. The molecule has 2 N–H and O–H groups in total. The monoisotopic (exact) mass is 293 g/mol. The quantitative estimate of drug-likeness (QED) is 0.906. The maximum Gasteiger partial charge on any atom is 0.255 e. The Bertz CT molecular complexity index is 743. The lowest BCUT2D eigenvalue weighted by Crippen LogP contribution is -2.14. The van der Waals surface area contributed by atoms with Gasteiger partial charge in [0.2, 0.25) is 0 Å². The summed E-state index contributed by atoms with van der Waals surface area (Å²) >= 11 is 0. The number of pyridine rings is 1. The molecule has 22 heavy (non-hydrogen) atoms. The number of hydrogen-bond acceptors (Lipinski definition) is 4. The summed E-state index contributed by atoms with van der Waals surface area (Å²) in [5, 5.41) is 21.2. The summed E-state index contributed by atoms with van der Waals surface area (Å²) in [4.78, 5) is 16.2. The molecule has 5 heteroatoms. The molecule has 1 aromatic carbocycles. The van der Waals surface area contributed by atoms with Crippen molar-refractivity contribution in [2.45, 2.75) is 24.9 Å². The van der Waals surface area contributed by atoms with Crippen LogP contribution in [0, 0.1) is 11.3 Å². The van der Waals surface area contributed by atoms with Gasteiger partial charge in [-0.15, -0.1) is 0 Å². The standard InChI is InChI=1S/C17H15N3O2/c18-11-17(6-7-17)14-3-1-12(2-4-14)16(22)20-15-9-19-8-5-13(15)10-21/h1-5,8-9,21H,6-7,10H2,(H,20,22). The Morgan fingerprint density at radius 1 is 1.32 bits per heavy atom. The van der Waals surface area contributed by atoms with Crippen LogP contribution in [0.25, 0.3) is 0 Å². The summed E-state index contributed by atoms with van der Waals surface area (Å²) in [6, 6.07) is 11.1. The zero-order valence-electron chi connectivity index (χ0n) is 11.9. The van der Waals surface area contributed by atoms with E-state index in [0.717, 1.165) is 18.4 Å². The minimum atomic E-state index is -0.345. The maximum atomic E-state index is 12.2. The van der Waals surface area contributed by atoms with Gasteiger partial charge in [0, 0.05) is 17.3 Å². The van der Waals surface area contributed by atoms with Gasteiger partial charge in [-0.3, -0.25) is 9.78 Å². The van der Waals surface area contributed by atoms with Crippen molar-refractivity contribution in [1.82, 2.24) is 4.98 Å². The highest BCUT2D eigenvalue weighted by atomic mass is 16.3. The summed E-state index contributed by atoms with van der Waals surface area (Å²) in [6.45, 7) is -0.165. The van der Waals surface area contributed by atoms with Gasteiger partial charge in [-0.1, -0.05) is 12.1 Å². The van der Waals surface area contributed by atoms with Gasteiger partial charge >= 0.3 is 0 Å². The molecule has 5 nitrogen and oxygen atoms in total. The number of carbonyl (C=O) groups excluding carboxylic acids is 1. The van der Waals surface area contributed by atoms with Crippen molar-refractivity contribution in [1.29, 1.82) is 5.26 Å². The van der Waals surface area contributed by atoms with Gasteiger partial charge in [0.05, 0.1) is 30.0 Å². The number of hydrogen-bond donors (Lipinski definition) is 2. The van der Waals surface area contributed by atoms with Crippen molar-refractivity contribution in [2.75, 3.05) is 5.32 Å². The van der Waals surface area contributed by atoms with Crippen LogP contribution in [0.4, 0.5) is 5.69 Å². The number of nitrogens with one attached hydrogen (secondary N) is 1. The average Bonchev–Trinajstić information content (AvgIpc) is 3.37. The zero-order chi connectivity index (χ0) is 15.6. The first-order chi connectivity index (χ1) is 10.7. The van der Waals surface area contributed by atoms with Crippen LogP contribution in [0.3, 0.4) is 0 Å². The van der Waals surface area contributed by atoms with Crippen LogP contribution in [-0.2, 0) is 12.0 Å². The SMILES string of the molecule is N#CC1(c2ccc(C(=O)Nc3cnccc3CO)cc2)CC1. The van der Waals surface area contributed by atoms with E-state index in [-0.39, 0.29) is 17.9 Å². The summed E-state index contributed by atoms with van der Waals surface area (Å²) < 4.78 is 0. The van der Waals surface area contributed by atoms with Gasteiger partial charge in [-0.2, -0.15) is 5.26 Å². The number of amides is 1. The van der Waals surface area contributed by atoms with Crippen LogP contribution in [-0.4, -0.2) is 16.0 Å². The Kier molecular flexibility index (Phi) is 3.61. The van der Waals surface area contributed by atoms with Crippen LogP contribution in [0.5, 0.6) is 0 Å². The molecule has 1 heterocycles. The Morgan fingerprint density at radius 3 is 2.64 bits per heavy atom.